The molecule has 1 fully saturated rings. The van der Waals surface area contributed by atoms with E-state index in [2.05, 4.69) is 6.92 Å². The largest absolute Gasteiger partial charge is 0.331 e. The van der Waals surface area contributed by atoms with E-state index in [4.69, 9.17) is 11.6 Å². The maximum atomic E-state index is 11.1. The molecule has 0 heterocycles. The molecule has 1 aliphatic rings. The molecule has 104 valence electrons. The van der Waals surface area contributed by atoms with E-state index in [1.54, 1.807) is 12.1 Å². The van der Waals surface area contributed by atoms with E-state index in [0.717, 1.165) is 31.0 Å². The van der Waals surface area contributed by atoms with Crippen molar-refractivity contribution in [2.24, 2.45) is 5.92 Å². The third-order valence-corrected chi connectivity index (χ3v) is 3.79. The molecule has 1 aliphatic carbocycles. The van der Waals surface area contributed by atoms with Crippen molar-refractivity contribution >= 4 is 17.3 Å². The van der Waals surface area contributed by atoms with E-state index in [0.29, 0.717) is 11.6 Å². The molecule has 0 radical (unpaired) electrons. The van der Waals surface area contributed by atoms with Gasteiger partial charge in [0.25, 0.3) is 5.69 Å². The van der Waals surface area contributed by atoms with Gasteiger partial charge in [0.2, 0.25) is 0 Å². The number of nitrogens with one attached hydrogen (secondary N) is 1. The van der Waals surface area contributed by atoms with Gasteiger partial charge in [-0.05, 0) is 31.4 Å². The summed E-state index contributed by atoms with van der Waals surface area (Å²) in [7, 11) is 0. The number of nitro benzene ring substituents is 1. The van der Waals surface area contributed by atoms with E-state index in [-0.39, 0.29) is 10.6 Å². The first kappa shape index (κ1) is 14.3. The van der Waals surface area contributed by atoms with Crippen molar-refractivity contribution in [3.8, 4) is 0 Å². The molecule has 0 aromatic heterocycles. The van der Waals surface area contributed by atoms with Crippen LogP contribution in [0.1, 0.15) is 31.7 Å². The van der Waals surface area contributed by atoms with Gasteiger partial charge >= 0.3 is 0 Å². The highest BCUT2D eigenvalue weighted by Crippen LogP contribution is 2.27. The number of nitro groups is 1. The molecule has 0 bridgehead atoms. The number of hydrogen-bond donors (Lipinski definition) is 1. The Hall–Kier alpha value is -1.13. The molecule has 4 nitrogen and oxygen atoms in total. The highest BCUT2D eigenvalue weighted by atomic mass is 35.5. The van der Waals surface area contributed by atoms with Crippen molar-refractivity contribution in [2.75, 3.05) is 13.1 Å². The summed E-state index contributed by atoms with van der Waals surface area (Å²) in [6.45, 7) is 5.03. The molecule has 1 aromatic rings. The van der Waals surface area contributed by atoms with E-state index < -0.39 is 0 Å². The van der Waals surface area contributed by atoms with Gasteiger partial charge in [0.05, 0.1) is 23.6 Å². The molecule has 0 amide bonds. The number of quaternary nitrogens is 1. The molecule has 0 aliphatic heterocycles. The average molecular weight is 284 g/mol. The number of hydrogen-bond acceptors (Lipinski definition) is 2. The molecular weight excluding hydrogens is 264 g/mol. The van der Waals surface area contributed by atoms with Crippen LogP contribution >= 0.6 is 11.6 Å². The summed E-state index contributed by atoms with van der Waals surface area (Å²) in [4.78, 5) is 12.2. The third-order valence-electron chi connectivity index (χ3n) is 3.56. The first-order valence-electron chi connectivity index (χ1n) is 6.86. The van der Waals surface area contributed by atoms with Crippen molar-refractivity contribution < 1.29 is 9.82 Å². The van der Waals surface area contributed by atoms with Gasteiger partial charge in [0.15, 0.2) is 0 Å². The maximum absolute atomic E-state index is 11.1. The Bertz CT molecular complexity index is 461. The minimum Gasteiger partial charge on any atom is -0.331 e. The molecule has 0 spiro atoms. The Morgan fingerprint density at radius 1 is 1.47 bits per heavy atom. The molecule has 0 saturated heterocycles. The Kier molecular flexibility index (Phi) is 4.77. The van der Waals surface area contributed by atoms with Gasteiger partial charge in [-0.25, -0.2) is 0 Å². The fraction of sp³-hybridized carbons (Fsp3) is 0.571. The number of rotatable bonds is 7. The van der Waals surface area contributed by atoms with Gasteiger partial charge in [-0.15, -0.1) is 0 Å². The summed E-state index contributed by atoms with van der Waals surface area (Å²) >= 11 is 5.97. The molecule has 2 rings (SSSR count). The van der Waals surface area contributed by atoms with Crippen molar-refractivity contribution in [3.63, 3.8) is 0 Å². The minimum absolute atomic E-state index is 0.189. The summed E-state index contributed by atoms with van der Waals surface area (Å²) in [6, 6.07) is 4.84. The van der Waals surface area contributed by atoms with Crippen molar-refractivity contribution in [3.05, 3.63) is 38.9 Å². The van der Waals surface area contributed by atoms with Crippen molar-refractivity contribution in [1.29, 1.82) is 0 Å². The first-order valence-corrected chi connectivity index (χ1v) is 7.24. The number of nitrogens with zero attached hydrogens (tertiary/aromatic N) is 1. The molecule has 19 heavy (non-hydrogen) atoms. The smallest absolute Gasteiger partial charge is 0.278 e. The quantitative estimate of drug-likeness (QED) is 0.617. The Morgan fingerprint density at radius 3 is 2.79 bits per heavy atom. The van der Waals surface area contributed by atoms with Gasteiger partial charge in [0, 0.05) is 17.0 Å². The standard InChI is InChI=1S/C14H19ClN2O2/c1-2-7-16(9-11-3-4-11)10-12-8-13(15)5-6-14(12)17(18)19/h5-6,8,11H,2-4,7,9-10H2,1H3/p+1. The lowest BCUT2D eigenvalue weighted by atomic mass is 10.1. The number of halogens is 1. The molecule has 1 atom stereocenters. The Balaban J connectivity index is 2.13. The Labute approximate surface area is 118 Å². The average Bonchev–Trinajstić information content (AvgIpc) is 3.13. The summed E-state index contributed by atoms with van der Waals surface area (Å²) in [5, 5.41) is 11.6. The van der Waals surface area contributed by atoms with Crippen molar-refractivity contribution in [2.45, 2.75) is 32.7 Å². The first-order chi connectivity index (χ1) is 9.10. The van der Waals surface area contributed by atoms with E-state index in [1.165, 1.54) is 23.8 Å². The molecule has 5 heteroatoms. The predicted molar refractivity (Wildman–Crippen MR) is 75.5 cm³/mol. The molecule has 1 N–H and O–H groups in total. The van der Waals surface area contributed by atoms with Crippen LogP contribution in [0.3, 0.4) is 0 Å². The highest BCUT2D eigenvalue weighted by Gasteiger charge is 2.28. The van der Waals surface area contributed by atoms with Gasteiger partial charge in [-0.3, -0.25) is 10.1 Å². The maximum Gasteiger partial charge on any atom is 0.278 e. The van der Waals surface area contributed by atoms with E-state index in [9.17, 15) is 10.1 Å². The molecule has 1 unspecified atom stereocenters. The van der Waals surface area contributed by atoms with Gasteiger partial charge in [-0.2, -0.15) is 0 Å². The van der Waals surface area contributed by atoms with Crippen LogP contribution in [0.25, 0.3) is 0 Å². The normalized spacial score (nSPS) is 16.3. The molecule has 1 aromatic carbocycles. The lowest BCUT2D eigenvalue weighted by molar-refractivity contribution is -0.915. The van der Waals surface area contributed by atoms with Gasteiger partial charge in [-0.1, -0.05) is 18.5 Å². The summed E-state index contributed by atoms with van der Waals surface area (Å²) in [5.41, 5.74) is 0.940. The second-order valence-corrected chi connectivity index (χ2v) is 5.79. The van der Waals surface area contributed by atoms with Crippen LogP contribution < -0.4 is 4.90 Å². The summed E-state index contributed by atoms with van der Waals surface area (Å²) < 4.78 is 0. The highest BCUT2D eigenvalue weighted by molar-refractivity contribution is 6.30. The van der Waals surface area contributed by atoms with Crippen LogP contribution in [0.2, 0.25) is 5.02 Å². The lowest BCUT2D eigenvalue weighted by Crippen LogP contribution is -3.11. The van der Waals surface area contributed by atoms with Crippen LogP contribution in [0.4, 0.5) is 5.69 Å². The van der Waals surface area contributed by atoms with Gasteiger partial charge in [0.1, 0.15) is 6.54 Å². The fourth-order valence-corrected chi connectivity index (χ4v) is 2.68. The minimum atomic E-state index is -0.313. The monoisotopic (exact) mass is 283 g/mol. The molecule has 1 saturated carbocycles. The van der Waals surface area contributed by atoms with Crippen LogP contribution in [0, 0.1) is 16.0 Å². The summed E-state index contributed by atoms with van der Waals surface area (Å²) in [5.74, 6) is 0.819. The Morgan fingerprint density at radius 2 is 2.21 bits per heavy atom. The predicted octanol–water partition coefficient (Wildman–Crippen LogP) is 2.45. The fourth-order valence-electron chi connectivity index (χ4n) is 2.49. The topological polar surface area (TPSA) is 47.6 Å². The van der Waals surface area contributed by atoms with Crippen LogP contribution in [0.15, 0.2) is 18.2 Å². The lowest BCUT2D eigenvalue weighted by Gasteiger charge is -2.18. The SMILES string of the molecule is CCC[NH+](Cc1cc(Cl)ccc1[N+](=O)[O-])CC1CC1. The number of benzene rings is 1. The second-order valence-electron chi connectivity index (χ2n) is 5.35. The third kappa shape index (κ3) is 4.18. The van der Waals surface area contributed by atoms with E-state index in [1.807, 2.05) is 0 Å². The zero-order valence-electron chi connectivity index (χ0n) is 11.2. The molecular formula is C14H20ClN2O2+. The van der Waals surface area contributed by atoms with Crippen LogP contribution in [-0.2, 0) is 6.54 Å². The zero-order chi connectivity index (χ0) is 13.8. The van der Waals surface area contributed by atoms with Crippen molar-refractivity contribution in [1.82, 2.24) is 0 Å². The van der Waals surface area contributed by atoms with Crippen LogP contribution in [-0.4, -0.2) is 18.0 Å². The van der Waals surface area contributed by atoms with E-state index >= 15 is 0 Å². The van der Waals surface area contributed by atoms with Crippen LogP contribution in [0.5, 0.6) is 0 Å². The zero-order valence-corrected chi connectivity index (χ0v) is 11.9. The second kappa shape index (κ2) is 6.35. The van der Waals surface area contributed by atoms with Gasteiger partial charge < -0.3 is 4.90 Å². The summed E-state index contributed by atoms with van der Waals surface area (Å²) in [6.07, 6.45) is 3.71.